The largest absolute Gasteiger partial charge is 0.434 e. The summed E-state index contributed by atoms with van der Waals surface area (Å²) in [5, 5.41) is 8.61. The molecule has 0 fully saturated rings. The van der Waals surface area contributed by atoms with Crippen molar-refractivity contribution in [1.82, 2.24) is 4.98 Å². The fourth-order valence-corrected chi connectivity index (χ4v) is 1.59. The molecule has 2 rings (SSSR count). The minimum atomic E-state index is -4.59. The molecule has 0 bridgehead atoms. The van der Waals surface area contributed by atoms with Crippen LogP contribution < -0.4 is 0 Å². The summed E-state index contributed by atoms with van der Waals surface area (Å²) >= 11 is 0. The molecule has 0 N–H and O–H groups in total. The molecule has 18 heavy (non-hydrogen) atoms. The minimum absolute atomic E-state index is 0.0258. The molecule has 0 saturated heterocycles. The fourth-order valence-electron chi connectivity index (χ4n) is 1.59. The van der Waals surface area contributed by atoms with E-state index in [1.165, 1.54) is 12.1 Å². The molecule has 1 heterocycles. The lowest BCUT2D eigenvalue weighted by atomic mass is 10.0. The van der Waals surface area contributed by atoms with Crippen LogP contribution in [0.15, 0.2) is 42.5 Å². The van der Waals surface area contributed by atoms with Gasteiger partial charge in [-0.15, -0.1) is 0 Å². The Bertz CT molecular complexity index is 598. The highest BCUT2D eigenvalue weighted by atomic mass is 19.4. The molecule has 1 aromatic heterocycles. The van der Waals surface area contributed by atoms with Crippen LogP contribution in [0.3, 0.4) is 0 Å². The molecule has 0 aliphatic rings. The Morgan fingerprint density at radius 1 is 1.00 bits per heavy atom. The van der Waals surface area contributed by atoms with Crippen LogP contribution in [0, 0.1) is 11.3 Å². The van der Waals surface area contributed by atoms with Crippen LogP contribution >= 0.6 is 0 Å². The maximum Gasteiger partial charge on any atom is 0.434 e. The quantitative estimate of drug-likeness (QED) is 0.772. The van der Waals surface area contributed by atoms with Crippen molar-refractivity contribution < 1.29 is 13.2 Å². The Labute approximate surface area is 101 Å². The van der Waals surface area contributed by atoms with Gasteiger partial charge in [-0.3, -0.25) is 0 Å². The fraction of sp³-hybridized carbons (Fsp3) is 0.0769. The van der Waals surface area contributed by atoms with Gasteiger partial charge in [-0.2, -0.15) is 18.4 Å². The highest BCUT2D eigenvalue weighted by Crippen LogP contribution is 2.35. The lowest BCUT2D eigenvalue weighted by Crippen LogP contribution is -2.11. The standard InChI is InChI=1S/C13H7F3N2/c14-13(15,16)12-11(7-6-10(8-17)18-12)9-4-2-1-3-5-9/h1-7H. The molecule has 0 amide bonds. The molecule has 0 unspecified atom stereocenters. The second-order valence-electron chi connectivity index (χ2n) is 3.57. The SMILES string of the molecule is N#Cc1ccc(-c2ccccc2)c(C(F)(F)F)n1. The Morgan fingerprint density at radius 2 is 1.67 bits per heavy atom. The van der Waals surface area contributed by atoms with E-state index < -0.39 is 11.9 Å². The predicted octanol–water partition coefficient (Wildman–Crippen LogP) is 3.64. The normalized spacial score (nSPS) is 11.0. The van der Waals surface area contributed by atoms with Crippen molar-refractivity contribution in [3.05, 3.63) is 53.9 Å². The topological polar surface area (TPSA) is 36.7 Å². The third-order valence-electron chi connectivity index (χ3n) is 2.36. The Balaban J connectivity index is 2.65. The van der Waals surface area contributed by atoms with Crippen LogP contribution in [-0.4, -0.2) is 4.98 Å². The number of pyridine rings is 1. The van der Waals surface area contributed by atoms with Crippen LogP contribution in [0.5, 0.6) is 0 Å². The zero-order chi connectivity index (χ0) is 13.2. The van der Waals surface area contributed by atoms with Gasteiger partial charge in [-0.25, -0.2) is 4.98 Å². The summed E-state index contributed by atoms with van der Waals surface area (Å²) < 4.78 is 38.6. The highest BCUT2D eigenvalue weighted by molar-refractivity contribution is 5.66. The summed E-state index contributed by atoms with van der Waals surface area (Å²) in [4.78, 5) is 3.35. The summed E-state index contributed by atoms with van der Waals surface area (Å²) in [6.45, 7) is 0. The maximum absolute atomic E-state index is 12.9. The monoisotopic (exact) mass is 248 g/mol. The molecule has 0 spiro atoms. The minimum Gasteiger partial charge on any atom is -0.232 e. The third-order valence-corrected chi connectivity index (χ3v) is 2.36. The number of benzene rings is 1. The molecule has 0 saturated carbocycles. The second-order valence-corrected chi connectivity index (χ2v) is 3.57. The van der Waals surface area contributed by atoms with E-state index in [-0.39, 0.29) is 11.3 Å². The van der Waals surface area contributed by atoms with E-state index in [9.17, 15) is 13.2 Å². The summed E-state index contributed by atoms with van der Waals surface area (Å²) in [5.41, 5.74) is -0.890. The molecule has 0 atom stereocenters. The van der Waals surface area contributed by atoms with Gasteiger partial charge in [-0.1, -0.05) is 30.3 Å². The van der Waals surface area contributed by atoms with Crippen molar-refractivity contribution in [1.29, 1.82) is 5.26 Å². The third kappa shape index (κ3) is 2.33. The van der Waals surface area contributed by atoms with E-state index in [4.69, 9.17) is 5.26 Å². The summed E-state index contributed by atoms with van der Waals surface area (Å²) in [6.07, 6.45) is -4.59. The molecular weight excluding hydrogens is 241 g/mol. The zero-order valence-corrected chi connectivity index (χ0v) is 9.07. The zero-order valence-electron chi connectivity index (χ0n) is 9.07. The molecule has 1 aromatic carbocycles. The smallest absolute Gasteiger partial charge is 0.232 e. The van der Waals surface area contributed by atoms with Crippen LogP contribution in [0.4, 0.5) is 13.2 Å². The van der Waals surface area contributed by atoms with Gasteiger partial charge in [0.25, 0.3) is 0 Å². The number of hydrogen-bond acceptors (Lipinski definition) is 2. The van der Waals surface area contributed by atoms with E-state index in [1.807, 2.05) is 0 Å². The molecular formula is C13H7F3N2. The average Bonchev–Trinajstić information content (AvgIpc) is 2.38. The van der Waals surface area contributed by atoms with Gasteiger partial charge in [0.1, 0.15) is 11.8 Å². The molecule has 5 heteroatoms. The number of aromatic nitrogens is 1. The van der Waals surface area contributed by atoms with E-state index >= 15 is 0 Å². The lowest BCUT2D eigenvalue weighted by Gasteiger charge is -2.11. The molecule has 0 radical (unpaired) electrons. The molecule has 90 valence electrons. The van der Waals surface area contributed by atoms with Crippen molar-refractivity contribution in [2.24, 2.45) is 0 Å². The maximum atomic E-state index is 12.9. The molecule has 0 aliphatic heterocycles. The van der Waals surface area contributed by atoms with Gasteiger partial charge in [-0.05, 0) is 17.7 Å². The molecule has 0 aliphatic carbocycles. The van der Waals surface area contributed by atoms with E-state index in [2.05, 4.69) is 4.98 Å². The van der Waals surface area contributed by atoms with Gasteiger partial charge < -0.3 is 0 Å². The van der Waals surface area contributed by atoms with Crippen molar-refractivity contribution in [2.75, 3.05) is 0 Å². The van der Waals surface area contributed by atoms with Crippen LogP contribution in [0.2, 0.25) is 0 Å². The van der Waals surface area contributed by atoms with Gasteiger partial charge in [0.05, 0.1) is 0 Å². The van der Waals surface area contributed by atoms with E-state index in [1.54, 1.807) is 36.4 Å². The number of nitriles is 1. The van der Waals surface area contributed by atoms with Crippen molar-refractivity contribution in [2.45, 2.75) is 6.18 Å². The van der Waals surface area contributed by atoms with Crippen molar-refractivity contribution in [3.8, 4) is 17.2 Å². The highest BCUT2D eigenvalue weighted by Gasteiger charge is 2.36. The number of alkyl halides is 3. The van der Waals surface area contributed by atoms with E-state index in [0.29, 0.717) is 5.56 Å². The first-order valence-electron chi connectivity index (χ1n) is 5.06. The van der Waals surface area contributed by atoms with Gasteiger partial charge in [0.2, 0.25) is 0 Å². The number of hydrogen-bond donors (Lipinski definition) is 0. The predicted molar refractivity (Wildman–Crippen MR) is 59.4 cm³/mol. The van der Waals surface area contributed by atoms with Gasteiger partial charge >= 0.3 is 6.18 Å². The van der Waals surface area contributed by atoms with Crippen molar-refractivity contribution in [3.63, 3.8) is 0 Å². The number of nitrogens with zero attached hydrogens (tertiary/aromatic N) is 2. The van der Waals surface area contributed by atoms with Crippen LogP contribution in [0.25, 0.3) is 11.1 Å². The first kappa shape index (κ1) is 12.1. The lowest BCUT2D eigenvalue weighted by molar-refractivity contribution is -0.140. The number of halogens is 3. The first-order valence-corrected chi connectivity index (χ1v) is 5.06. The second kappa shape index (κ2) is 4.49. The summed E-state index contributed by atoms with van der Waals surface area (Å²) in [5.74, 6) is 0. The summed E-state index contributed by atoms with van der Waals surface area (Å²) in [7, 11) is 0. The van der Waals surface area contributed by atoms with Crippen LogP contribution in [0.1, 0.15) is 11.4 Å². The molecule has 2 aromatic rings. The number of rotatable bonds is 1. The summed E-state index contributed by atoms with van der Waals surface area (Å²) in [6, 6.07) is 12.3. The Hall–Kier alpha value is -2.35. The van der Waals surface area contributed by atoms with Gasteiger partial charge in [0.15, 0.2) is 5.69 Å². The van der Waals surface area contributed by atoms with Gasteiger partial charge in [0, 0.05) is 5.56 Å². The average molecular weight is 248 g/mol. The molecule has 2 nitrogen and oxygen atoms in total. The van der Waals surface area contributed by atoms with Crippen LogP contribution in [-0.2, 0) is 6.18 Å². The Morgan fingerprint density at radius 3 is 2.22 bits per heavy atom. The first-order chi connectivity index (χ1) is 8.52. The Kier molecular flexibility index (Phi) is 3.02. The van der Waals surface area contributed by atoms with Crippen molar-refractivity contribution >= 4 is 0 Å². The van der Waals surface area contributed by atoms with E-state index in [0.717, 1.165) is 0 Å².